The van der Waals surface area contributed by atoms with Crippen molar-refractivity contribution in [2.45, 2.75) is 18.5 Å². The average Bonchev–Trinajstić information content (AvgIpc) is 2.46. The number of carbonyl (C=O) groups is 1. The maximum absolute atomic E-state index is 13.5. The molecule has 1 unspecified atom stereocenters. The maximum Gasteiger partial charge on any atom is 0.405 e. The van der Waals surface area contributed by atoms with Gasteiger partial charge in [-0.2, -0.15) is 13.2 Å². The van der Waals surface area contributed by atoms with Crippen molar-refractivity contribution in [3.05, 3.63) is 65.7 Å². The Hall–Kier alpha value is -2.30. The van der Waals surface area contributed by atoms with Gasteiger partial charge in [-0.25, -0.2) is 0 Å². The molecule has 5 heteroatoms. The fraction of sp³-hybridized carbons (Fsp3) is 0.188. The summed E-state index contributed by atoms with van der Waals surface area (Å²) in [4.78, 5) is 12.4. The first-order valence-electron chi connectivity index (χ1n) is 6.23. The molecule has 0 spiro atoms. The molecule has 21 heavy (non-hydrogen) atoms. The molecule has 110 valence electrons. The molecule has 1 atom stereocenters. The first-order valence-corrected chi connectivity index (χ1v) is 6.23. The number of benzene rings is 2. The Bertz CT molecular complexity index is 633. The lowest BCUT2D eigenvalue weighted by atomic mass is 9.75. The van der Waals surface area contributed by atoms with Crippen molar-refractivity contribution in [1.29, 1.82) is 0 Å². The highest BCUT2D eigenvalue weighted by atomic mass is 19.4. The van der Waals surface area contributed by atoms with Gasteiger partial charge >= 0.3 is 6.18 Å². The third kappa shape index (κ3) is 2.63. The minimum absolute atomic E-state index is 0.00889. The second-order valence-electron chi connectivity index (χ2n) is 4.86. The zero-order valence-electron chi connectivity index (χ0n) is 11.2. The molecule has 0 amide bonds. The van der Waals surface area contributed by atoms with Crippen molar-refractivity contribution in [2.24, 2.45) is 0 Å². The second-order valence-corrected chi connectivity index (χ2v) is 4.86. The smallest absolute Gasteiger partial charge is 0.405 e. The zero-order valence-corrected chi connectivity index (χ0v) is 11.2. The lowest BCUT2D eigenvalue weighted by Crippen LogP contribution is -2.46. The van der Waals surface area contributed by atoms with Crippen LogP contribution in [-0.2, 0) is 5.41 Å². The normalized spacial score (nSPS) is 14.5. The monoisotopic (exact) mass is 294 g/mol. The first kappa shape index (κ1) is 15.1. The molecule has 2 aromatic carbocycles. The van der Waals surface area contributed by atoms with E-state index >= 15 is 0 Å². The van der Waals surface area contributed by atoms with Gasteiger partial charge in [0.05, 0.1) is 0 Å². The number of rotatable bonds is 3. The average molecular weight is 294 g/mol. The summed E-state index contributed by atoms with van der Waals surface area (Å²) >= 11 is 0. The predicted octanol–water partition coefficient (Wildman–Crippen LogP) is 4.10. The fourth-order valence-electron chi connectivity index (χ4n) is 2.10. The molecule has 0 aromatic heterocycles. The molecular weight excluding hydrogens is 281 g/mol. The minimum Gasteiger partial charge on any atom is -0.508 e. The predicted molar refractivity (Wildman–Crippen MR) is 72.3 cm³/mol. The summed E-state index contributed by atoms with van der Waals surface area (Å²) in [5, 5.41) is 9.21. The summed E-state index contributed by atoms with van der Waals surface area (Å²) in [7, 11) is 0. The van der Waals surface area contributed by atoms with Crippen LogP contribution < -0.4 is 0 Å². The molecule has 0 saturated heterocycles. The van der Waals surface area contributed by atoms with Crippen molar-refractivity contribution in [3.8, 4) is 5.75 Å². The summed E-state index contributed by atoms with van der Waals surface area (Å²) in [6.07, 6.45) is -4.75. The van der Waals surface area contributed by atoms with Crippen LogP contribution in [0.2, 0.25) is 0 Å². The highest BCUT2D eigenvalue weighted by Gasteiger charge is 2.57. The standard InChI is InChI=1S/C16H13F3O2/c1-15(16(17,18)19,12-7-9-13(20)10-8-12)14(21)11-5-3-2-4-6-11/h2-10,20H,1H3. The summed E-state index contributed by atoms with van der Waals surface area (Å²) in [6.45, 7) is 0.856. The lowest BCUT2D eigenvalue weighted by molar-refractivity contribution is -0.170. The van der Waals surface area contributed by atoms with Crippen LogP contribution in [0.4, 0.5) is 13.2 Å². The van der Waals surface area contributed by atoms with Crippen molar-refractivity contribution >= 4 is 5.78 Å². The highest BCUT2D eigenvalue weighted by Crippen LogP contribution is 2.43. The van der Waals surface area contributed by atoms with Crippen LogP contribution in [0.1, 0.15) is 22.8 Å². The molecule has 0 radical (unpaired) electrons. The van der Waals surface area contributed by atoms with Gasteiger partial charge in [-0.05, 0) is 24.6 Å². The molecule has 0 aliphatic carbocycles. The quantitative estimate of drug-likeness (QED) is 0.865. The zero-order chi connectivity index (χ0) is 15.7. The topological polar surface area (TPSA) is 37.3 Å². The van der Waals surface area contributed by atoms with Gasteiger partial charge in [-0.15, -0.1) is 0 Å². The Balaban J connectivity index is 2.58. The number of halogens is 3. The van der Waals surface area contributed by atoms with E-state index in [0.717, 1.165) is 31.2 Å². The number of Topliss-reactive ketones (excluding diaryl/α,β-unsaturated/α-hetero) is 1. The molecule has 2 rings (SSSR count). The molecule has 2 nitrogen and oxygen atoms in total. The second kappa shape index (κ2) is 5.24. The number of phenols is 1. The van der Waals surface area contributed by atoms with Crippen molar-refractivity contribution in [2.75, 3.05) is 0 Å². The summed E-state index contributed by atoms with van der Waals surface area (Å²) in [6, 6.07) is 11.9. The third-order valence-electron chi connectivity index (χ3n) is 3.50. The molecule has 2 aromatic rings. The van der Waals surface area contributed by atoms with Gasteiger partial charge in [-0.1, -0.05) is 42.5 Å². The van der Waals surface area contributed by atoms with Gasteiger partial charge in [0.2, 0.25) is 0 Å². The van der Waals surface area contributed by atoms with Crippen LogP contribution in [0.5, 0.6) is 5.75 Å². The number of phenolic OH excluding ortho intramolecular Hbond substituents is 1. The van der Waals surface area contributed by atoms with Crippen LogP contribution in [0, 0.1) is 0 Å². The number of aromatic hydroxyl groups is 1. The highest BCUT2D eigenvalue weighted by molar-refractivity contribution is 6.04. The van der Waals surface area contributed by atoms with Crippen molar-refractivity contribution < 1.29 is 23.1 Å². The number of carbonyl (C=O) groups excluding carboxylic acids is 1. The fourth-order valence-corrected chi connectivity index (χ4v) is 2.10. The van der Waals surface area contributed by atoms with E-state index < -0.39 is 17.4 Å². The van der Waals surface area contributed by atoms with E-state index in [9.17, 15) is 23.1 Å². The lowest BCUT2D eigenvalue weighted by Gasteiger charge is -2.31. The molecule has 0 aliphatic rings. The van der Waals surface area contributed by atoms with Crippen molar-refractivity contribution in [1.82, 2.24) is 0 Å². The molecule has 0 aliphatic heterocycles. The number of ketones is 1. The number of alkyl halides is 3. The van der Waals surface area contributed by atoms with E-state index in [1.807, 2.05) is 0 Å². The van der Waals surface area contributed by atoms with Gasteiger partial charge < -0.3 is 5.11 Å². The van der Waals surface area contributed by atoms with E-state index in [1.54, 1.807) is 6.07 Å². The van der Waals surface area contributed by atoms with Crippen LogP contribution in [0.3, 0.4) is 0 Å². The van der Waals surface area contributed by atoms with E-state index in [0.29, 0.717) is 0 Å². The van der Waals surface area contributed by atoms with Crippen LogP contribution in [0.25, 0.3) is 0 Å². The minimum atomic E-state index is -4.75. The van der Waals surface area contributed by atoms with Gasteiger partial charge in [0.1, 0.15) is 5.75 Å². The van der Waals surface area contributed by atoms with Crippen LogP contribution in [-0.4, -0.2) is 17.1 Å². The largest absolute Gasteiger partial charge is 0.508 e. The van der Waals surface area contributed by atoms with Crippen LogP contribution >= 0.6 is 0 Å². The Morgan fingerprint density at radius 3 is 1.95 bits per heavy atom. The number of hydrogen-bond acceptors (Lipinski definition) is 2. The number of hydrogen-bond donors (Lipinski definition) is 1. The molecule has 0 saturated carbocycles. The molecule has 0 fully saturated rings. The SMILES string of the molecule is CC(C(=O)c1ccccc1)(c1ccc(O)cc1)C(F)(F)F. The molecule has 0 bridgehead atoms. The molecular formula is C16H13F3O2. The summed E-state index contributed by atoms with van der Waals surface area (Å²) in [5.74, 6) is -1.18. The van der Waals surface area contributed by atoms with E-state index in [-0.39, 0.29) is 16.9 Å². The molecule has 0 heterocycles. The summed E-state index contributed by atoms with van der Waals surface area (Å²) in [5.41, 5.74) is -2.88. The molecule has 1 N–H and O–H groups in total. The maximum atomic E-state index is 13.5. The Labute approximate surface area is 119 Å². The first-order chi connectivity index (χ1) is 9.76. The van der Waals surface area contributed by atoms with E-state index in [1.165, 1.54) is 24.3 Å². The van der Waals surface area contributed by atoms with Gasteiger partial charge in [0.25, 0.3) is 0 Å². The van der Waals surface area contributed by atoms with E-state index in [4.69, 9.17) is 0 Å². The van der Waals surface area contributed by atoms with Gasteiger partial charge in [0.15, 0.2) is 11.2 Å². The van der Waals surface area contributed by atoms with Gasteiger partial charge in [-0.3, -0.25) is 4.79 Å². The van der Waals surface area contributed by atoms with E-state index in [2.05, 4.69) is 0 Å². The Kier molecular flexibility index (Phi) is 3.77. The summed E-state index contributed by atoms with van der Waals surface area (Å²) < 4.78 is 40.6. The van der Waals surface area contributed by atoms with Gasteiger partial charge in [0, 0.05) is 5.56 Å². The Morgan fingerprint density at radius 2 is 1.48 bits per heavy atom. The van der Waals surface area contributed by atoms with Crippen LogP contribution in [0.15, 0.2) is 54.6 Å². The third-order valence-corrected chi connectivity index (χ3v) is 3.50. The van der Waals surface area contributed by atoms with Crippen molar-refractivity contribution in [3.63, 3.8) is 0 Å². The Morgan fingerprint density at radius 1 is 0.952 bits per heavy atom.